The molecule has 0 aliphatic heterocycles. The second-order valence-electron chi connectivity index (χ2n) is 9.81. The highest BCUT2D eigenvalue weighted by atomic mass is 16.3. The van der Waals surface area contributed by atoms with E-state index in [1.54, 1.807) is 12.5 Å². The van der Waals surface area contributed by atoms with Crippen molar-refractivity contribution in [3.63, 3.8) is 0 Å². The normalized spacial score (nSPS) is 21.6. The lowest BCUT2D eigenvalue weighted by Gasteiger charge is -2.34. The van der Waals surface area contributed by atoms with Crippen molar-refractivity contribution in [1.29, 1.82) is 0 Å². The lowest BCUT2D eigenvalue weighted by molar-refractivity contribution is 0.191. The molecule has 0 amide bonds. The molecule has 1 unspecified atom stereocenters. The van der Waals surface area contributed by atoms with E-state index in [-0.39, 0.29) is 16.9 Å². The second kappa shape index (κ2) is 17.0. The maximum absolute atomic E-state index is 9.94. The first-order valence-corrected chi connectivity index (χ1v) is 13.8. The minimum absolute atomic E-state index is 0.174. The van der Waals surface area contributed by atoms with E-state index in [1.807, 2.05) is 27.7 Å². The van der Waals surface area contributed by atoms with Gasteiger partial charge in [-0.2, -0.15) is 0 Å². The zero-order chi connectivity index (χ0) is 26.2. The van der Waals surface area contributed by atoms with Crippen LogP contribution in [0.2, 0.25) is 0 Å². The van der Waals surface area contributed by atoms with E-state index in [1.165, 1.54) is 18.4 Å². The predicted octanol–water partition coefficient (Wildman–Crippen LogP) is 8.71. The largest absolute Gasteiger partial charge is 0.388 e. The molecule has 2 fully saturated rings. The van der Waals surface area contributed by atoms with Gasteiger partial charge in [0.1, 0.15) is 6.10 Å². The van der Waals surface area contributed by atoms with E-state index in [9.17, 15) is 10.2 Å². The number of aliphatic hydroxyl groups excluding tert-OH is 2. The first kappa shape index (κ1) is 32.4. The Balaban J connectivity index is 0.00000258. The average molecular weight is 471 g/mol. The molecule has 2 heteroatoms. The quantitative estimate of drug-likeness (QED) is 0.201. The van der Waals surface area contributed by atoms with E-state index in [0.29, 0.717) is 0 Å². The molecule has 0 aromatic heterocycles. The summed E-state index contributed by atoms with van der Waals surface area (Å²) in [5.41, 5.74) is 4.09. The molecule has 0 heterocycles. The molecule has 2 nitrogen and oxygen atoms in total. The first-order chi connectivity index (χ1) is 16.2. The number of aliphatic hydroxyl groups is 2. The summed E-state index contributed by atoms with van der Waals surface area (Å²) in [5, 5.41) is 19.4. The lowest BCUT2D eigenvalue weighted by Crippen LogP contribution is -2.22. The molecular weight excluding hydrogens is 416 g/mol. The molecular formula is C32H54O2. The molecule has 0 aromatic rings. The van der Waals surface area contributed by atoms with Gasteiger partial charge in [-0.05, 0) is 81.3 Å². The molecule has 34 heavy (non-hydrogen) atoms. The molecule has 2 N–H and O–H groups in total. The summed E-state index contributed by atoms with van der Waals surface area (Å²) in [7, 11) is 0. The van der Waals surface area contributed by atoms with E-state index in [4.69, 9.17) is 0 Å². The van der Waals surface area contributed by atoms with Gasteiger partial charge in [0.05, 0.1) is 6.10 Å². The van der Waals surface area contributed by atoms with Crippen LogP contribution in [0.3, 0.4) is 0 Å². The van der Waals surface area contributed by atoms with Crippen molar-refractivity contribution in [2.45, 2.75) is 132 Å². The van der Waals surface area contributed by atoms with Gasteiger partial charge >= 0.3 is 0 Å². The van der Waals surface area contributed by atoms with Gasteiger partial charge in [0.2, 0.25) is 0 Å². The maximum atomic E-state index is 9.94. The van der Waals surface area contributed by atoms with Crippen LogP contribution in [0.25, 0.3) is 0 Å². The summed E-state index contributed by atoms with van der Waals surface area (Å²) < 4.78 is 0. The molecule has 2 atom stereocenters. The van der Waals surface area contributed by atoms with E-state index < -0.39 is 6.10 Å². The van der Waals surface area contributed by atoms with Crippen LogP contribution in [0.4, 0.5) is 0 Å². The highest BCUT2D eigenvalue weighted by Crippen LogP contribution is 2.60. The second-order valence-corrected chi connectivity index (χ2v) is 9.81. The van der Waals surface area contributed by atoms with Crippen LogP contribution in [-0.2, 0) is 0 Å². The Labute approximate surface area is 212 Å². The summed E-state index contributed by atoms with van der Waals surface area (Å²) in [6, 6.07) is 0. The van der Waals surface area contributed by atoms with Crippen molar-refractivity contribution in [3.8, 4) is 11.8 Å². The van der Waals surface area contributed by atoms with Gasteiger partial charge in [-0.25, -0.2) is 0 Å². The fraction of sp³-hybridized carbons (Fsp3) is 0.688. The van der Waals surface area contributed by atoms with Crippen molar-refractivity contribution < 1.29 is 10.2 Å². The topological polar surface area (TPSA) is 40.5 Å². The fourth-order valence-corrected chi connectivity index (χ4v) is 4.78. The summed E-state index contributed by atoms with van der Waals surface area (Å²) in [4.78, 5) is 0. The minimum atomic E-state index is -0.539. The molecule has 2 aliphatic rings. The van der Waals surface area contributed by atoms with Crippen molar-refractivity contribution in [2.75, 3.05) is 0 Å². The zero-order valence-electron chi connectivity index (χ0n) is 23.6. The van der Waals surface area contributed by atoms with Crippen molar-refractivity contribution >= 4 is 0 Å². The molecule has 2 aliphatic carbocycles. The first-order valence-electron chi connectivity index (χ1n) is 13.8. The lowest BCUT2D eigenvalue weighted by atomic mass is 9.71. The monoisotopic (exact) mass is 470 g/mol. The summed E-state index contributed by atoms with van der Waals surface area (Å²) in [5.74, 6) is 6.17. The Morgan fingerprint density at radius 3 is 2.44 bits per heavy atom. The van der Waals surface area contributed by atoms with Gasteiger partial charge in [0, 0.05) is 11.8 Å². The molecule has 0 radical (unpaired) electrons. The minimum Gasteiger partial charge on any atom is -0.388 e. The fourth-order valence-electron chi connectivity index (χ4n) is 4.78. The van der Waals surface area contributed by atoms with Crippen LogP contribution in [-0.4, -0.2) is 22.4 Å². The van der Waals surface area contributed by atoms with Gasteiger partial charge < -0.3 is 10.2 Å². The van der Waals surface area contributed by atoms with Gasteiger partial charge in [-0.3, -0.25) is 0 Å². The number of unbranched alkanes of at least 4 members (excludes halogenated alkanes) is 1. The van der Waals surface area contributed by atoms with E-state index in [0.717, 1.165) is 56.9 Å². The van der Waals surface area contributed by atoms with Crippen LogP contribution in [0.15, 0.2) is 47.6 Å². The average Bonchev–Trinajstić information content (AvgIpc) is 3.59. The Hall–Kier alpha value is -1.56. The Bertz CT molecular complexity index is 733. The third-order valence-corrected chi connectivity index (χ3v) is 6.64. The molecule has 2 rings (SSSR count). The van der Waals surface area contributed by atoms with Crippen molar-refractivity contribution in [2.24, 2.45) is 10.8 Å². The Morgan fingerprint density at radius 2 is 1.88 bits per heavy atom. The van der Waals surface area contributed by atoms with Gasteiger partial charge in [0.15, 0.2) is 0 Å². The van der Waals surface area contributed by atoms with Crippen LogP contribution in [0.1, 0.15) is 120 Å². The van der Waals surface area contributed by atoms with Gasteiger partial charge in [-0.15, -0.1) is 0 Å². The number of hydrogen-bond donors (Lipinski definition) is 2. The molecule has 194 valence electrons. The van der Waals surface area contributed by atoms with E-state index in [2.05, 4.69) is 63.5 Å². The molecule has 0 spiro atoms. The smallest absolute Gasteiger partial charge is 0.111 e. The molecule has 0 aromatic carbocycles. The standard InChI is InChI=1S/C28H42O2.2C2H6/c1-6-13-26(28(20-21-28)19-12-14-22(2)29)27(4,5)18-10-8-7-9-15-24-16-11-17-25(30)23(24)3;2*1-2/h7,9,13,15,22,25,29-30H,3,6,8,10-11,16-21H2,1-2,4-5H3;2*1-2H3/b9-7-,24-15-,26-13+;;/t22?,25-;;/m0../s1. The SMILES string of the molecule is C=C1/C(=C\C=C/CCCC(C)(C)/C(=C\CC)C2(CC#CC(C)O)CC2)CCC[C@@H]1O.CC.CC. The van der Waals surface area contributed by atoms with Gasteiger partial charge in [-0.1, -0.05) is 96.8 Å². The third kappa shape index (κ3) is 10.8. The molecule has 2 saturated carbocycles. The molecule has 0 saturated heterocycles. The van der Waals surface area contributed by atoms with Crippen molar-refractivity contribution in [1.82, 2.24) is 0 Å². The number of allylic oxidation sites excluding steroid dienone is 5. The molecule has 0 bridgehead atoms. The zero-order valence-corrected chi connectivity index (χ0v) is 23.6. The predicted molar refractivity (Wildman–Crippen MR) is 151 cm³/mol. The Morgan fingerprint density at radius 1 is 1.24 bits per heavy atom. The van der Waals surface area contributed by atoms with Crippen LogP contribution >= 0.6 is 0 Å². The Kier molecular flexibility index (Phi) is 16.2. The number of hydrogen-bond acceptors (Lipinski definition) is 2. The van der Waals surface area contributed by atoms with Crippen LogP contribution in [0.5, 0.6) is 0 Å². The highest BCUT2D eigenvalue weighted by molar-refractivity contribution is 5.36. The van der Waals surface area contributed by atoms with Crippen LogP contribution < -0.4 is 0 Å². The van der Waals surface area contributed by atoms with Crippen LogP contribution in [0, 0.1) is 22.7 Å². The summed E-state index contributed by atoms with van der Waals surface area (Å²) >= 11 is 0. The third-order valence-electron chi connectivity index (χ3n) is 6.64. The van der Waals surface area contributed by atoms with Crippen molar-refractivity contribution in [3.05, 3.63) is 47.6 Å². The van der Waals surface area contributed by atoms with Gasteiger partial charge in [0.25, 0.3) is 0 Å². The maximum Gasteiger partial charge on any atom is 0.111 e. The summed E-state index contributed by atoms with van der Waals surface area (Å²) in [6.45, 7) is 20.8. The van der Waals surface area contributed by atoms with E-state index >= 15 is 0 Å². The summed E-state index contributed by atoms with van der Waals surface area (Å²) in [6.07, 6.45) is 18.8. The highest BCUT2D eigenvalue weighted by Gasteiger charge is 2.49. The number of rotatable bonds is 9.